The van der Waals surface area contributed by atoms with Crippen LogP contribution in [0, 0.1) is 13.8 Å². The maximum atomic E-state index is 12.1. The molecule has 0 aliphatic heterocycles. The number of rotatable bonds is 6. The van der Waals surface area contributed by atoms with E-state index in [1.54, 1.807) is 17.4 Å². The van der Waals surface area contributed by atoms with E-state index in [2.05, 4.69) is 16.5 Å². The summed E-state index contributed by atoms with van der Waals surface area (Å²) in [4.78, 5) is 13.3. The molecule has 120 valence electrons. The largest absolute Gasteiger partial charge is 0.456 e. The number of nitrogens with zero attached hydrogens (tertiary/aromatic N) is 1. The molecule has 1 N–H and O–H groups in total. The van der Waals surface area contributed by atoms with E-state index in [-0.39, 0.29) is 5.91 Å². The van der Waals surface area contributed by atoms with E-state index in [1.165, 1.54) is 4.88 Å². The third-order valence-corrected chi connectivity index (χ3v) is 4.59. The molecule has 3 aromatic heterocycles. The van der Waals surface area contributed by atoms with Crippen LogP contribution in [0.2, 0.25) is 0 Å². The van der Waals surface area contributed by atoms with Crippen molar-refractivity contribution in [3.05, 3.63) is 63.1 Å². The zero-order chi connectivity index (χ0) is 16.2. The summed E-state index contributed by atoms with van der Waals surface area (Å²) in [5.74, 6) is 1.65. The lowest BCUT2D eigenvalue weighted by Crippen LogP contribution is -2.25. The molecular formula is C17H18N2O3S. The van der Waals surface area contributed by atoms with E-state index < -0.39 is 0 Å². The zero-order valence-electron chi connectivity index (χ0n) is 13.1. The smallest absolute Gasteiger partial charge is 0.287 e. The monoisotopic (exact) mass is 330 g/mol. The normalized spacial score (nSPS) is 10.9. The van der Waals surface area contributed by atoms with Crippen molar-refractivity contribution in [1.82, 2.24) is 10.5 Å². The molecule has 0 bridgehead atoms. The van der Waals surface area contributed by atoms with Crippen molar-refractivity contribution in [1.29, 1.82) is 0 Å². The van der Waals surface area contributed by atoms with Crippen LogP contribution < -0.4 is 5.32 Å². The minimum atomic E-state index is -0.188. The average Bonchev–Trinajstić information content (AvgIpc) is 3.26. The lowest BCUT2D eigenvalue weighted by Gasteiger charge is -2.02. The number of hydrogen-bond acceptors (Lipinski definition) is 5. The van der Waals surface area contributed by atoms with E-state index in [0.717, 1.165) is 29.2 Å². The predicted molar refractivity (Wildman–Crippen MR) is 87.8 cm³/mol. The number of aryl methyl sites for hydroxylation is 2. The number of hydrogen-bond donors (Lipinski definition) is 1. The van der Waals surface area contributed by atoms with Gasteiger partial charge < -0.3 is 14.3 Å². The molecule has 0 spiro atoms. The summed E-state index contributed by atoms with van der Waals surface area (Å²) < 4.78 is 10.8. The van der Waals surface area contributed by atoms with Gasteiger partial charge in [-0.25, -0.2) is 0 Å². The van der Waals surface area contributed by atoms with E-state index in [0.29, 0.717) is 18.7 Å². The number of carbonyl (C=O) groups is 1. The molecule has 0 fully saturated rings. The lowest BCUT2D eigenvalue weighted by molar-refractivity contribution is 0.0925. The van der Waals surface area contributed by atoms with Crippen molar-refractivity contribution < 1.29 is 13.7 Å². The molecule has 3 rings (SSSR count). The van der Waals surface area contributed by atoms with Crippen LogP contribution in [0.3, 0.4) is 0 Å². The number of nitrogens with one attached hydrogen (secondary N) is 1. The van der Waals surface area contributed by atoms with Crippen molar-refractivity contribution in [2.24, 2.45) is 0 Å². The first-order valence-electron chi connectivity index (χ1n) is 7.44. The minimum absolute atomic E-state index is 0.188. The molecule has 0 unspecified atom stereocenters. The van der Waals surface area contributed by atoms with Crippen LogP contribution >= 0.6 is 11.3 Å². The molecule has 5 nitrogen and oxygen atoms in total. The second-order valence-electron chi connectivity index (χ2n) is 5.33. The summed E-state index contributed by atoms with van der Waals surface area (Å²) in [6.45, 7) is 4.36. The Balaban J connectivity index is 1.57. The fourth-order valence-corrected chi connectivity index (χ4v) is 3.07. The molecular weight excluding hydrogens is 312 g/mol. The van der Waals surface area contributed by atoms with Crippen LogP contribution in [-0.2, 0) is 12.8 Å². The SMILES string of the molecule is Cc1noc(C)c1Cc1ccc(C(=O)NCCc2cccs2)o1. The fraction of sp³-hybridized carbons (Fsp3) is 0.294. The summed E-state index contributed by atoms with van der Waals surface area (Å²) in [7, 11) is 0. The Bertz CT molecular complexity index is 767. The Labute approximate surface area is 138 Å². The van der Waals surface area contributed by atoms with Crippen molar-refractivity contribution in [3.8, 4) is 0 Å². The Morgan fingerprint density at radius 2 is 2.17 bits per heavy atom. The van der Waals surface area contributed by atoms with E-state index in [1.807, 2.05) is 31.4 Å². The van der Waals surface area contributed by atoms with E-state index in [4.69, 9.17) is 8.94 Å². The number of aromatic nitrogens is 1. The van der Waals surface area contributed by atoms with Gasteiger partial charge in [0, 0.05) is 23.4 Å². The third kappa shape index (κ3) is 3.71. The molecule has 6 heteroatoms. The molecule has 0 aromatic carbocycles. The van der Waals surface area contributed by atoms with Gasteiger partial charge in [0.25, 0.3) is 5.91 Å². The first-order chi connectivity index (χ1) is 11.1. The summed E-state index contributed by atoms with van der Waals surface area (Å²) in [6.07, 6.45) is 1.40. The molecule has 0 aliphatic rings. The second kappa shape index (κ2) is 6.83. The Hall–Kier alpha value is -2.34. The van der Waals surface area contributed by atoms with Crippen molar-refractivity contribution in [2.45, 2.75) is 26.7 Å². The predicted octanol–water partition coefficient (Wildman–Crippen LogP) is 3.51. The Morgan fingerprint density at radius 1 is 1.30 bits per heavy atom. The van der Waals surface area contributed by atoms with E-state index >= 15 is 0 Å². The van der Waals surface area contributed by atoms with Crippen molar-refractivity contribution >= 4 is 17.2 Å². The molecule has 0 saturated carbocycles. The Kier molecular flexibility index (Phi) is 4.62. The van der Waals surface area contributed by atoms with Gasteiger partial charge in [-0.2, -0.15) is 0 Å². The van der Waals surface area contributed by atoms with Crippen LogP contribution in [0.25, 0.3) is 0 Å². The molecule has 0 atom stereocenters. The van der Waals surface area contributed by atoms with Gasteiger partial charge in [0.1, 0.15) is 11.5 Å². The number of amides is 1. The summed E-state index contributed by atoms with van der Waals surface area (Å²) >= 11 is 1.69. The highest BCUT2D eigenvalue weighted by molar-refractivity contribution is 7.09. The molecule has 3 aromatic rings. The summed E-state index contributed by atoms with van der Waals surface area (Å²) in [5, 5.41) is 8.83. The highest BCUT2D eigenvalue weighted by atomic mass is 32.1. The standard InChI is InChI=1S/C17H18N2O3S/c1-11-15(12(2)22-19-11)10-13-5-6-16(21-13)17(20)18-8-7-14-4-3-9-23-14/h3-6,9H,7-8,10H2,1-2H3,(H,18,20). The zero-order valence-corrected chi connectivity index (χ0v) is 13.9. The summed E-state index contributed by atoms with van der Waals surface area (Å²) in [5.41, 5.74) is 1.85. The molecule has 23 heavy (non-hydrogen) atoms. The molecule has 1 amide bonds. The van der Waals surface area contributed by atoms with Crippen LogP contribution in [-0.4, -0.2) is 17.6 Å². The average molecular weight is 330 g/mol. The van der Waals surface area contributed by atoms with Gasteiger partial charge in [-0.05, 0) is 43.8 Å². The van der Waals surface area contributed by atoms with Gasteiger partial charge in [-0.3, -0.25) is 4.79 Å². The highest BCUT2D eigenvalue weighted by Gasteiger charge is 2.15. The minimum Gasteiger partial charge on any atom is -0.456 e. The first kappa shape index (κ1) is 15.6. The van der Waals surface area contributed by atoms with Gasteiger partial charge in [-0.1, -0.05) is 11.2 Å². The van der Waals surface area contributed by atoms with Gasteiger partial charge >= 0.3 is 0 Å². The molecule has 0 radical (unpaired) electrons. The van der Waals surface area contributed by atoms with Crippen LogP contribution in [0.5, 0.6) is 0 Å². The topological polar surface area (TPSA) is 68.3 Å². The van der Waals surface area contributed by atoms with Crippen LogP contribution in [0.1, 0.15) is 38.2 Å². The van der Waals surface area contributed by atoms with Gasteiger partial charge in [0.15, 0.2) is 5.76 Å². The number of carbonyl (C=O) groups excluding carboxylic acids is 1. The third-order valence-electron chi connectivity index (χ3n) is 3.65. The fourth-order valence-electron chi connectivity index (χ4n) is 2.36. The Morgan fingerprint density at radius 3 is 2.87 bits per heavy atom. The number of furan rings is 1. The van der Waals surface area contributed by atoms with Crippen molar-refractivity contribution in [3.63, 3.8) is 0 Å². The maximum Gasteiger partial charge on any atom is 0.287 e. The number of thiophene rings is 1. The highest BCUT2D eigenvalue weighted by Crippen LogP contribution is 2.19. The van der Waals surface area contributed by atoms with Gasteiger partial charge in [0.2, 0.25) is 0 Å². The van der Waals surface area contributed by atoms with Crippen molar-refractivity contribution in [2.75, 3.05) is 6.54 Å². The van der Waals surface area contributed by atoms with Crippen LogP contribution in [0.4, 0.5) is 0 Å². The maximum absolute atomic E-state index is 12.1. The first-order valence-corrected chi connectivity index (χ1v) is 8.32. The molecule has 0 saturated heterocycles. The van der Waals surface area contributed by atoms with Gasteiger partial charge in [0.05, 0.1) is 5.69 Å². The van der Waals surface area contributed by atoms with Gasteiger partial charge in [-0.15, -0.1) is 11.3 Å². The quantitative estimate of drug-likeness (QED) is 0.751. The van der Waals surface area contributed by atoms with E-state index in [9.17, 15) is 4.79 Å². The molecule has 3 heterocycles. The molecule has 0 aliphatic carbocycles. The second-order valence-corrected chi connectivity index (χ2v) is 6.36. The van der Waals surface area contributed by atoms with Crippen LogP contribution in [0.15, 0.2) is 38.6 Å². The summed E-state index contributed by atoms with van der Waals surface area (Å²) in [6, 6.07) is 7.59. The lowest BCUT2D eigenvalue weighted by atomic mass is 10.1.